The molecule has 0 heterocycles. The predicted octanol–water partition coefficient (Wildman–Crippen LogP) is 1.62. The van der Waals surface area contributed by atoms with Crippen LogP contribution in [0, 0.1) is 0 Å². The zero-order chi connectivity index (χ0) is 18.1. The van der Waals surface area contributed by atoms with Gasteiger partial charge in [0.25, 0.3) is 0 Å². The first kappa shape index (κ1) is 20.8. The number of aromatic hydroxyl groups is 1. The van der Waals surface area contributed by atoms with Crippen molar-refractivity contribution in [3.8, 4) is 5.75 Å². The first-order valence-corrected chi connectivity index (χ1v) is 8.74. The standard InChI is InChI=1S/C14H17BBr2N2O5/c1-2-24-13(21)5-11(19-12(20)6-18-7-15-23)9-3-8(16)4-10(17)14(9)22/h3-4,11,18,22H,2,5-7H2,1H3,(H,19,20). The molecule has 1 aromatic rings. The third kappa shape index (κ3) is 6.70. The molecule has 10 heteroatoms. The van der Waals surface area contributed by atoms with Gasteiger partial charge in [-0.1, -0.05) is 0 Å². The van der Waals surface area contributed by atoms with Crippen LogP contribution in [0.15, 0.2) is 21.1 Å². The summed E-state index contributed by atoms with van der Waals surface area (Å²) in [4.78, 5) is 23.8. The van der Waals surface area contributed by atoms with E-state index in [4.69, 9.17) is 4.74 Å². The Hall–Kier alpha value is -1.26. The van der Waals surface area contributed by atoms with Crippen molar-refractivity contribution in [2.75, 3.05) is 19.6 Å². The topological polar surface area (TPSA) is 105 Å². The quantitative estimate of drug-likeness (QED) is 0.292. The Morgan fingerprint density at radius 3 is 2.71 bits per heavy atom. The first-order chi connectivity index (χ1) is 11.4. The van der Waals surface area contributed by atoms with Crippen molar-refractivity contribution in [2.24, 2.45) is 0 Å². The van der Waals surface area contributed by atoms with E-state index < -0.39 is 17.9 Å². The summed E-state index contributed by atoms with van der Waals surface area (Å²) in [5.41, 5.74) is 0.369. The van der Waals surface area contributed by atoms with Crippen molar-refractivity contribution in [3.05, 3.63) is 26.6 Å². The Labute approximate surface area is 157 Å². The molecule has 0 aliphatic rings. The minimum absolute atomic E-state index is 0.0453. The molecule has 130 valence electrons. The summed E-state index contributed by atoms with van der Waals surface area (Å²) in [5, 5.41) is 15.5. The normalized spacial score (nSPS) is 11.5. The maximum atomic E-state index is 12.0. The van der Waals surface area contributed by atoms with Crippen LogP contribution in [0.5, 0.6) is 5.75 Å². The average molecular weight is 464 g/mol. The monoisotopic (exact) mass is 462 g/mol. The summed E-state index contributed by atoms with van der Waals surface area (Å²) in [7, 11) is 0.640. The van der Waals surface area contributed by atoms with Crippen LogP contribution in [0.2, 0.25) is 0 Å². The molecule has 0 aliphatic heterocycles. The number of amides is 1. The number of nitrogens with one attached hydrogen (secondary N) is 2. The first-order valence-electron chi connectivity index (χ1n) is 7.16. The summed E-state index contributed by atoms with van der Waals surface area (Å²) in [6, 6.07) is 2.49. The number of rotatable bonds is 9. The van der Waals surface area contributed by atoms with Crippen molar-refractivity contribution < 1.29 is 24.1 Å². The van der Waals surface area contributed by atoms with Crippen molar-refractivity contribution in [3.63, 3.8) is 0 Å². The fourth-order valence-electron chi connectivity index (χ4n) is 1.97. The number of ether oxygens (including phenoxy) is 1. The molecule has 7 nitrogen and oxygen atoms in total. The molecule has 0 radical (unpaired) electrons. The number of phenolic OH excluding ortho intramolecular Hbond substituents is 1. The molecule has 0 bridgehead atoms. The second-order valence-corrected chi connectivity index (χ2v) is 6.52. The van der Waals surface area contributed by atoms with Crippen molar-refractivity contribution in [2.45, 2.75) is 19.4 Å². The van der Waals surface area contributed by atoms with Gasteiger partial charge in [-0.05, 0) is 0 Å². The predicted molar refractivity (Wildman–Crippen MR) is 95.0 cm³/mol. The van der Waals surface area contributed by atoms with Gasteiger partial charge in [-0.3, -0.25) is 0 Å². The van der Waals surface area contributed by atoms with E-state index in [1.54, 1.807) is 19.1 Å². The van der Waals surface area contributed by atoms with E-state index in [0.717, 1.165) is 0 Å². The van der Waals surface area contributed by atoms with Crippen molar-refractivity contribution >= 4 is 50.9 Å². The Balaban J connectivity index is 2.99. The summed E-state index contributed by atoms with van der Waals surface area (Å²) in [6.45, 7) is 1.81. The number of esters is 1. The van der Waals surface area contributed by atoms with Crippen LogP contribution in [-0.4, -0.2) is 43.7 Å². The van der Waals surface area contributed by atoms with Gasteiger partial charge in [-0.15, -0.1) is 0 Å². The van der Waals surface area contributed by atoms with Gasteiger partial charge in [0.05, 0.1) is 0 Å². The van der Waals surface area contributed by atoms with Crippen LogP contribution < -0.4 is 10.6 Å². The number of hydrogen-bond donors (Lipinski definition) is 3. The Bertz CT molecular complexity index is 615. The third-order valence-electron chi connectivity index (χ3n) is 2.96. The molecular formula is C14H17BBr2N2O5. The van der Waals surface area contributed by atoms with Crippen LogP contribution >= 0.6 is 31.9 Å². The number of phenols is 1. The summed E-state index contributed by atoms with van der Waals surface area (Å²) < 4.78 is 16.3. The van der Waals surface area contributed by atoms with Gasteiger partial charge in [-0.2, -0.15) is 0 Å². The van der Waals surface area contributed by atoms with Gasteiger partial charge in [0, 0.05) is 0 Å². The molecule has 1 aromatic carbocycles. The number of hydrogen-bond acceptors (Lipinski definition) is 6. The van der Waals surface area contributed by atoms with E-state index in [0.29, 0.717) is 21.7 Å². The second kappa shape index (κ2) is 10.6. The molecular weight excluding hydrogens is 447 g/mol. The molecule has 1 rings (SSSR count). The summed E-state index contributed by atoms with van der Waals surface area (Å²) >= 11 is 6.53. The minimum atomic E-state index is -0.775. The van der Waals surface area contributed by atoms with E-state index in [2.05, 4.69) is 42.5 Å². The number of carbonyl (C=O) groups is 2. The molecule has 0 fully saturated rings. The molecule has 0 saturated heterocycles. The average Bonchev–Trinajstić information content (AvgIpc) is 2.50. The third-order valence-corrected chi connectivity index (χ3v) is 4.02. The van der Waals surface area contributed by atoms with Gasteiger partial charge in [0.1, 0.15) is 0 Å². The van der Waals surface area contributed by atoms with E-state index in [9.17, 15) is 19.4 Å². The Morgan fingerprint density at radius 1 is 1.38 bits per heavy atom. The molecule has 1 unspecified atom stereocenters. The summed E-state index contributed by atoms with van der Waals surface area (Å²) in [6.07, 6.45) is -0.0899. The van der Waals surface area contributed by atoms with E-state index >= 15 is 0 Å². The Kier molecular flexibility index (Phi) is 9.16. The van der Waals surface area contributed by atoms with E-state index in [-0.39, 0.29) is 31.8 Å². The van der Waals surface area contributed by atoms with Crippen LogP contribution in [0.1, 0.15) is 24.9 Å². The van der Waals surface area contributed by atoms with Crippen LogP contribution in [0.3, 0.4) is 0 Å². The second-order valence-electron chi connectivity index (χ2n) is 4.75. The summed E-state index contributed by atoms with van der Waals surface area (Å²) in [5.74, 6) is -0.991. The zero-order valence-electron chi connectivity index (χ0n) is 13.0. The van der Waals surface area contributed by atoms with Gasteiger partial charge in [0.2, 0.25) is 0 Å². The fourth-order valence-corrected chi connectivity index (χ4v) is 3.23. The fraction of sp³-hybridized carbons (Fsp3) is 0.429. The SMILES string of the molecule is CCOC(=O)CC(NC(=O)CNCB=O)c1cc(Br)cc(Br)c1O. The van der Waals surface area contributed by atoms with Crippen molar-refractivity contribution in [1.29, 1.82) is 0 Å². The molecule has 0 saturated carbocycles. The molecule has 0 aliphatic carbocycles. The van der Waals surface area contributed by atoms with Crippen LogP contribution in [-0.2, 0) is 19.0 Å². The number of halogens is 2. The molecule has 24 heavy (non-hydrogen) atoms. The van der Waals surface area contributed by atoms with E-state index in [1.807, 2.05) is 0 Å². The molecule has 0 aromatic heterocycles. The van der Waals surface area contributed by atoms with Crippen LogP contribution in [0.4, 0.5) is 0 Å². The Morgan fingerprint density at radius 2 is 2.08 bits per heavy atom. The van der Waals surface area contributed by atoms with Crippen molar-refractivity contribution in [1.82, 2.24) is 10.6 Å². The van der Waals surface area contributed by atoms with Gasteiger partial charge in [-0.25, -0.2) is 0 Å². The zero-order valence-corrected chi connectivity index (χ0v) is 16.1. The van der Waals surface area contributed by atoms with E-state index in [1.165, 1.54) is 0 Å². The molecule has 1 amide bonds. The molecule has 1 atom stereocenters. The van der Waals surface area contributed by atoms with Gasteiger partial charge < -0.3 is 0 Å². The molecule has 0 spiro atoms. The van der Waals surface area contributed by atoms with Gasteiger partial charge in [0.15, 0.2) is 0 Å². The molecule has 3 N–H and O–H groups in total. The maximum absolute atomic E-state index is 12.0. The number of carbonyl (C=O) groups excluding carboxylic acids is 2. The number of benzene rings is 1. The van der Waals surface area contributed by atoms with Gasteiger partial charge >= 0.3 is 157 Å². The van der Waals surface area contributed by atoms with Crippen LogP contribution in [0.25, 0.3) is 0 Å².